The van der Waals surface area contributed by atoms with Crippen molar-refractivity contribution in [2.45, 2.75) is 10.1 Å². The van der Waals surface area contributed by atoms with Crippen molar-refractivity contribution in [3.63, 3.8) is 0 Å². The molecule has 17 heavy (non-hydrogen) atoms. The van der Waals surface area contributed by atoms with Gasteiger partial charge < -0.3 is 10.5 Å². The molecule has 0 saturated carbocycles. The van der Waals surface area contributed by atoms with Crippen molar-refractivity contribution in [1.82, 2.24) is 9.97 Å². The number of methoxy groups -OCH3 is 1. The standard InChI is InChI=1S/C11H10BrN3OS/c1-16-7-2-4-8(5-3-7)17-11-14-9(12)6-10(13)15-11/h2-6H,1H3,(H2,13,14,15). The zero-order valence-corrected chi connectivity index (χ0v) is 11.5. The van der Waals surface area contributed by atoms with Crippen LogP contribution in [0.1, 0.15) is 0 Å². The number of aromatic nitrogens is 2. The van der Waals surface area contributed by atoms with Crippen LogP contribution in [0, 0.1) is 0 Å². The number of hydrogen-bond acceptors (Lipinski definition) is 5. The first kappa shape index (κ1) is 12.2. The van der Waals surface area contributed by atoms with Crippen molar-refractivity contribution in [3.8, 4) is 5.75 Å². The Morgan fingerprint density at radius 1 is 1.24 bits per heavy atom. The third kappa shape index (κ3) is 3.34. The highest BCUT2D eigenvalue weighted by atomic mass is 79.9. The molecule has 0 fully saturated rings. The van der Waals surface area contributed by atoms with Crippen molar-refractivity contribution in [2.75, 3.05) is 12.8 Å². The van der Waals surface area contributed by atoms with Gasteiger partial charge in [0.15, 0.2) is 5.16 Å². The summed E-state index contributed by atoms with van der Waals surface area (Å²) in [6, 6.07) is 9.35. The Bertz CT molecular complexity index is 498. The summed E-state index contributed by atoms with van der Waals surface area (Å²) in [5.74, 6) is 1.27. The van der Waals surface area contributed by atoms with Crippen LogP contribution < -0.4 is 10.5 Å². The number of nitrogens with zero attached hydrogens (tertiary/aromatic N) is 2. The van der Waals surface area contributed by atoms with Gasteiger partial charge in [0.1, 0.15) is 16.2 Å². The molecule has 0 atom stereocenters. The highest BCUT2D eigenvalue weighted by molar-refractivity contribution is 9.10. The molecule has 1 aromatic heterocycles. The number of halogens is 1. The van der Waals surface area contributed by atoms with Crippen molar-refractivity contribution in [1.29, 1.82) is 0 Å². The summed E-state index contributed by atoms with van der Waals surface area (Å²) in [6.07, 6.45) is 0. The fourth-order valence-electron chi connectivity index (χ4n) is 1.21. The Kier molecular flexibility index (Phi) is 3.86. The van der Waals surface area contributed by atoms with E-state index in [2.05, 4.69) is 25.9 Å². The van der Waals surface area contributed by atoms with E-state index in [1.54, 1.807) is 13.2 Å². The Morgan fingerprint density at radius 3 is 2.53 bits per heavy atom. The van der Waals surface area contributed by atoms with Crippen LogP contribution in [-0.2, 0) is 0 Å². The molecule has 1 heterocycles. The molecule has 0 bridgehead atoms. The minimum atomic E-state index is 0.447. The van der Waals surface area contributed by atoms with E-state index in [0.717, 1.165) is 10.6 Å². The quantitative estimate of drug-likeness (QED) is 0.697. The normalized spacial score (nSPS) is 10.2. The van der Waals surface area contributed by atoms with E-state index in [4.69, 9.17) is 10.5 Å². The van der Waals surface area contributed by atoms with Gasteiger partial charge in [-0.15, -0.1) is 0 Å². The number of rotatable bonds is 3. The minimum Gasteiger partial charge on any atom is -0.497 e. The maximum Gasteiger partial charge on any atom is 0.195 e. The molecule has 2 rings (SSSR count). The average Bonchev–Trinajstić information content (AvgIpc) is 2.28. The molecule has 4 nitrogen and oxygen atoms in total. The van der Waals surface area contributed by atoms with Crippen LogP contribution in [0.3, 0.4) is 0 Å². The van der Waals surface area contributed by atoms with Gasteiger partial charge in [-0.1, -0.05) is 0 Å². The number of benzene rings is 1. The highest BCUT2D eigenvalue weighted by Gasteiger charge is 2.03. The highest BCUT2D eigenvalue weighted by Crippen LogP contribution is 2.27. The van der Waals surface area contributed by atoms with Crippen LogP contribution in [0.4, 0.5) is 5.82 Å². The maximum atomic E-state index is 5.64. The minimum absolute atomic E-state index is 0.447. The zero-order valence-electron chi connectivity index (χ0n) is 9.05. The average molecular weight is 312 g/mol. The second-order valence-electron chi connectivity index (χ2n) is 3.18. The van der Waals surface area contributed by atoms with E-state index in [9.17, 15) is 0 Å². The second kappa shape index (κ2) is 5.37. The molecule has 0 radical (unpaired) electrons. The summed E-state index contributed by atoms with van der Waals surface area (Å²) in [4.78, 5) is 9.40. The third-order valence-electron chi connectivity index (χ3n) is 1.96. The molecule has 88 valence electrons. The molecule has 0 spiro atoms. The topological polar surface area (TPSA) is 61.0 Å². The van der Waals surface area contributed by atoms with E-state index in [1.165, 1.54) is 11.8 Å². The van der Waals surface area contributed by atoms with E-state index < -0.39 is 0 Å². The number of anilines is 1. The van der Waals surface area contributed by atoms with E-state index >= 15 is 0 Å². The first-order chi connectivity index (χ1) is 8.17. The number of ether oxygens (including phenoxy) is 1. The molecule has 0 unspecified atom stereocenters. The summed E-state index contributed by atoms with van der Waals surface area (Å²) in [5.41, 5.74) is 5.64. The van der Waals surface area contributed by atoms with Crippen LogP contribution in [0.25, 0.3) is 0 Å². The van der Waals surface area contributed by atoms with Gasteiger partial charge in [-0.05, 0) is 52.0 Å². The van der Waals surface area contributed by atoms with Gasteiger partial charge >= 0.3 is 0 Å². The predicted molar refractivity (Wildman–Crippen MR) is 71.3 cm³/mol. The molecule has 2 N–H and O–H groups in total. The SMILES string of the molecule is COc1ccc(Sc2nc(N)cc(Br)n2)cc1. The van der Waals surface area contributed by atoms with E-state index in [0.29, 0.717) is 15.6 Å². The molecule has 0 saturated heterocycles. The largest absolute Gasteiger partial charge is 0.497 e. The number of nitrogen functional groups attached to an aromatic ring is 1. The van der Waals surface area contributed by atoms with Gasteiger partial charge in [-0.25, -0.2) is 9.97 Å². The molecule has 6 heteroatoms. The van der Waals surface area contributed by atoms with Gasteiger partial charge in [-0.3, -0.25) is 0 Å². The molecule has 0 aliphatic heterocycles. The van der Waals surface area contributed by atoms with Gasteiger partial charge in [0.25, 0.3) is 0 Å². The Hall–Kier alpha value is -1.27. The van der Waals surface area contributed by atoms with Crippen molar-refractivity contribution >= 4 is 33.5 Å². The lowest BCUT2D eigenvalue weighted by Gasteiger charge is -2.03. The smallest absolute Gasteiger partial charge is 0.195 e. The fourth-order valence-corrected chi connectivity index (χ4v) is 2.51. The van der Waals surface area contributed by atoms with Gasteiger partial charge in [-0.2, -0.15) is 0 Å². The molecule has 0 aliphatic rings. The monoisotopic (exact) mass is 311 g/mol. The van der Waals surface area contributed by atoms with Gasteiger partial charge in [0, 0.05) is 11.0 Å². The predicted octanol–water partition coefficient (Wildman–Crippen LogP) is 2.98. The van der Waals surface area contributed by atoms with Crippen LogP contribution in [0.5, 0.6) is 5.75 Å². The Morgan fingerprint density at radius 2 is 1.94 bits per heavy atom. The Balaban J connectivity index is 2.19. The van der Waals surface area contributed by atoms with Crippen LogP contribution in [-0.4, -0.2) is 17.1 Å². The van der Waals surface area contributed by atoms with Crippen LogP contribution in [0.2, 0.25) is 0 Å². The van der Waals surface area contributed by atoms with Crippen molar-refractivity contribution in [3.05, 3.63) is 34.9 Å². The number of nitrogens with two attached hydrogens (primary N) is 1. The molecular formula is C11H10BrN3OS. The molecular weight excluding hydrogens is 302 g/mol. The zero-order chi connectivity index (χ0) is 12.3. The lowest BCUT2D eigenvalue weighted by Crippen LogP contribution is -1.94. The Labute approximate surface area is 112 Å². The summed E-state index contributed by atoms with van der Waals surface area (Å²) in [7, 11) is 1.64. The van der Waals surface area contributed by atoms with Crippen molar-refractivity contribution < 1.29 is 4.74 Å². The summed E-state index contributed by atoms with van der Waals surface area (Å²) in [5, 5.41) is 0.613. The van der Waals surface area contributed by atoms with Crippen molar-refractivity contribution in [2.24, 2.45) is 0 Å². The summed E-state index contributed by atoms with van der Waals surface area (Å²) < 4.78 is 5.77. The maximum absolute atomic E-state index is 5.64. The summed E-state index contributed by atoms with van der Waals surface area (Å²) in [6.45, 7) is 0. The fraction of sp³-hybridized carbons (Fsp3) is 0.0909. The van der Waals surface area contributed by atoms with Crippen LogP contribution >= 0.6 is 27.7 Å². The summed E-state index contributed by atoms with van der Waals surface area (Å²) >= 11 is 4.73. The second-order valence-corrected chi connectivity index (χ2v) is 5.03. The van der Waals surface area contributed by atoms with Gasteiger partial charge in [0.05, 0.1) is 7.11 Å². The third-order valence-corrected chi connectivity index (χ3v) is 3.24. The van der Waals surface area contributed by atoms with Gasteiger partial charge in [0.2, 0.25) is 0 Å². The molecule has 0 aliphatic carbocycles. The van der Waals surface area contributed by atoms with E-state index in [-0.39, 0.29) is 0 Å². The molecule has 1 aromatic carbocycles. The van der Waals surface area contributed by atoms with E-state index in [1.807, 2.05) is 24.3 Å². The first-order valence-electron chi connectivity index (χ1n) is 4.79. The number of hydrogen-bond donors (Lipinski definition) is 1. The lowest BCUT2D eigenvalue weighted by atomic mass is 10.3. The molecule has 2 aromatic rings. The molecule has 0 amide bonds. The lowest BCUT2D eigenvalue weighted by molar-refractivity contribution is 0.414. The first-order valence-corrected chi connectivity index (χ1v) is 6.40. The van der Waals surface area contributed by atoms with Crippen LogP contribution in [0.15, 0.2) is 45.0 Å².